The van der Waals surface area contributed by atoms with Crippen LogP contribution in [-0.2, 0) is 62.4 Å². The Morgan fingerprint density at radius 3 is 2.00 bits per heavy atom. The maximum Gasteiger partial charge on any atom is 0.243 e. The van der Waals surface area contributed by atoms with Gasteiger partial charge in [-0.15, -0.1) is 0 Å². The summed E-state index contributed by atoms with van der Waals surface area (Å²) in [7, 11) is 0. The van der Waals surface area contributed by atoms with Crippen LogP contribution in [-0.4, -0.2) is 119 Å². The van der Waals surface area contributed by atoms with Gasteiger partial charge in [-0.05, 0) is 79.8 Å². The average molecular weight is 1080 g/mol. The fraction of sp³-hybridized carbons (Fsp3) is 0.444. The lowest BCUT2D eigenvalue weighted by atomic mass is 10.00. The number of halogens is 2. The molecule has 22 nitrogen and oxygen atoms in total. The summed E-state index contributed by atoms with van der Waals surface area (Å²) in [5.41, 5.74) is 18.9. The molecule has 4 aromatic rings. The minimum atomic E-state index is -1.66. The number of guanidine groups is 1. The van der Waals surface area contributed by atoms with E-state index in [0.717, 1.165) is 23.0 Å². The first-order chi connectivity index (χ1) is 37.3. The molecule has 24 heteroatoms. The molecule has 5 rings (SSSR count). The summed E-state index contributed by atoms with van der Waals surface area (Å²) in [6.45, 7) is 3.21. The third kappa shape index (κ3) is 19.3. The summed E-state index contributed by atoms with van der Waals surface area (Å²) in [6.07, 6.45) is 2.26. The fourth-order valence-electron chi connectivity index (χ4n) is 8.85. The molecule has 0 saturated carbocycles. The molecule has 0 aliphatic carbocycles. The van der Waals surface area contributed by atoms with Crippen molar-refractivity contribution in [3.8, 4) is 0 Å². The SMILES string of the molecule is CCCCC(NC(C)=O)C(=O)NC1CCC(=O)NCCCCC(C(N)=O)NC(=O)C(Cc2c[nH]c3ccccc23)NC(=O)C(CCCN=C(N)N)NC(=O)[C@@H](Cc2ccccc2)NC(=O)C(Cc2ccc(F)c(F)c2)NC1=O. The molecule has 3 aromatic carbocycles. The van der Waals surface area contributed by atoms with Crippen molar-refractivity contribution in [3.63, 3.8) is 0 Å². The summed E-state index contributed by atoms with van der Waals surface area (Å²) >= 11 is 0. The number of H-pyrrole nitrogens is 1. The number of para-hydroxylation sites is 1. The minimum absolute atomic E-state index is 0.0227. The van der Waals surface area contributed by atoms with E-state index in [2.05, 4.69) is 52.5 Å². The topological polar surface area (TPSA) is 356 Å². The molecule has 420 valence electrons. The predicted molar refractivity (Wildman–Crippen MR) is 286 cm³/mol. The smallest absolute Gasteiger partial charge is 0.243 e. The van der Waals surface area contributed by atoms with Crippen LogP contribution in [0.15, 0.2) is 84.0 Å². The largest absolute Gasteiger partial charge is 0.370 e. The standard InChI is InChI=1S/C54H71F2N13O9/c1-3-4-16-40(63-31(2)70)48(73)66-42-22-23-46(71)60-24-11-10-18-39(47(57)72)64-53(78)45(29-34-30-62-38-17-9-8-15-35(34)38)69-49(74)41(19-12-25-61-54(58)59)65-51(76)43(27-32-13-6-5-7-14-32)68-52(77)44(67-50(42)75)28-33-20-21-36(55)37(56)26-33/h5-9,13-15,17,20-21,26,30,39-45,62H,3-4,10-12,16,18-19,22-25,27-29H2,1-2H3,(H2,57,72)(H,60,71)(H,63,70)(H,64,78)(H,65,76)(H,66,73)(H,67,75)(H,68,77)(H,69,74)(H4,58,59,61)/t39?,40?,41?,42?,43-,44?,45?/m1/s1. The van der Waals surface area contributed by atoms with Gasteiger partial charge in [0.15, 0.2) is 17.6 Å². The average Bonchev–Trinajstić information content (AvgIpc) is 3.86. The number of aromatic nitrogens is 1. The van der Waals surface area contributed by atoms with E-state index in [1.165, 1.54) is 13.0 Å². The number of nitrogens with zero attached hydrogens (tertiary/aromatic N) is 1. The van der Waals surface area contributed by atoms with Gasteiger partial charge in [0.1, 0.15) is 42.3 Å². The van der Waals surface area contributed by atoms with Gasteiger partial charge in [-0.3, -0.25) is 48.1 Å². The van der Waals surface area contributed by atoms with Gasteiger partial charge in [0.25, 0.3) is 0 Å². The molecule has 2 heterocycles. The lowest BCUT2D eigenvalue weighted by Gasteiger charge is -2.28. The Morgan fingerprint density at radius 2 is 1.33 bits per heavy atom. The third-order valence-corrected chi connectivity index (χ3v) is 13.0. The zero-order valence-electron chi connectivity index (χ0n) is 43.8. The summed E-state index contributed by atoms with van der Waals surface area (Å²) in [4.78, 5) is 132. The van der Waals surface area contributed by atoms with Crippen LogP contribution in [0.5, 0.6) is 0 Å². The highest BCUT2D eigenvalue weighted by Gasteiger charge is 2.35. The number of primary amides is 1. The van der Waals surface area contributed by atoms with Crippen LogP contribution in [0.1, 0.15) is 94.7 Å². The molecule has 15 N–H and O–H groups in total. The number of carbonyl (C=O) groups is 9. The fourth-order valence-corrected chi connectivity index (χ4v) is 8.85. The summed E-state index contributed by atoms with van der Waals surface area (Å²) in [6, 6.07) is 8.81. The van der Waals surface area contributed by atoms with Crippen LogP contribution in [0.25, 0.3) is 10.9 Å². The van der Waals surface area contributed by atoms with Crippen molar-refractivity contribution in [2.75, 3.05) is 13.1 Å². The maximum atomic E-state index is 14.8. The molecule has 1 aliphatic heterocycles. The normalized spacial score (nSPS) is 21.0. The van der Waals surface area contributed by atoms with Crippen molar-refractivity contribution < 1.29 is 51.9 Å². The summed E-state index contributed by atoms with van der Waals surface area (Å²) in [5.74, 6) is -9.86. The second-order valence-electron chi connectivity index (χ2n) is 19.2. The molecule has 0 spiro atoms. The number of nitrogens with two attached hydrogens (primary N) is 3. The minimum Gasteiger partial charge on any atom is -0.370 e. The number of nitrogens with one attached hydrogen (secondary N) is 9. The van der Waals surface area contributed by atoms with Gasteiger partial charge in [-0.2, -0.15) is 0 Å². The highest BCUT2D eigenvalue weighted by Crippen LogP contribution is 2.20. The number of unbranched alkanes of at least 4 members (excludes halogenated alkanes) is 1. The molecule has 6 unspecified atom stereocenters. The monoisotopic (exact) mass is 1080 g/mol. The van der Waals surface area contributed by atoms with E-state index in [1.807, 2.05) is 25.1 Å². The Bertz CT molecular complexity index is 2770. The Kier molecular flexibility index (Phi) is 23.5. The first kappa shape index (κ1) is 60.4. The zero-order valence-corrected chi connectivity index (χ0v) is 43.8. The Balaban J connectivity index is 1.57. The zero-order chi connectivity index (χ0) is 56.7. The van der Waals surface area contributed by atoms with Gasteiger partial charge >= 0.3 is 0 Å². The first-order valence-electron chi connectivity index (χ1n) is 26.0. The number of aromatic amines is 1. The van der Waals surface area contributed by atoms with Crippen molar-refractivity contribution in [1.29, 1.82) is 0 Å². The second kappa shape index (κ2) is 30.3. The van der Waals surface area contributed by atoms with Gasteiger partial charge in [0.2, 0.25) is 53.2 Å². The lowest BCUT2D eigenvalue weighted by Crippen LogP contribution is -2.61. The lowest BCUT2D eigenvalue weighted by molar-refractivity contribution is -0.136. The van der Waals surface area contributed by atoms with Gasteiger partial charge < -0.3 is 64.7 Å². The molecular weight excluding hydrogens is 1010 g/mol. The van der Waals surface area contributed by atoms with Gasteiger partial charge in [0, 0.05) is 62.8 Å². The van der Waals surface area contributed by atoms with E-state index in [9.17, 15) is 51.9 Å². The van der Waals surface area contributed by atoms with Crippen LogP contribution >= 0.6 is 0 Å². The molecule has 1 fully saturated rings. The van der Waals surface area contributed by atoms with Gasteiger partial charge in [-0.25, -0.2) is 8.78 Å². The molecule has 1 aromatic heterocycles. The van der Waals surface area contributed by atoms with E-state index in [4.69, 9.17) is 17.2 Å². The number of hydrogen-bond donors (Lipinski definition) is 12. The third-order valence-electron chi connectivity index (χ3n) is 13.0. The Hall–Kier alpha value is -8.44. The molecule has 0 bridgehead atoms. The second-order valence-corrected chi connectivity index (χ2v) is 19.2. The van der Waals surface area contributed by atoms with E-state index < -0.39 is 114 Å². The van der Waals surface area contributed by atoms with Gasteiger partial charge in [-0.1, -0.05) is 74.4 Å². The number of aliphatic imine (C=N–C) groups is 1. The van der Waals surface area contributed by atoms with Crippen molar-refractivity contribution in [2.45, 2.75) is 140 Å². The van der Waals surface area contributed by atoms with Crippen LogP contribution < -0.4 is 59.7 Å². The molecule has 0 radical (unpaired) electrons. The van der Waals surface area contributed by atoms with Crippen LogP contribution in [0.3, 0.4) is 0 Å². The highest BCUT2D eigenvalue weighted by molar-refractivity contribution is 5.98. The Labute approximate surface area is 450 Å². The highest BCUT2D eigenvalue weighted by atomic mass is 19.2. The van der Waals surface area contributed by atoms with Crippen molar-refractivity contribution >= 4 is 70.0 Å². The molecule has 9 amide bonds. The van der Waals surface area contributed by atoms with Crippen LogP contribution in [0.4, 0.5) is 8.78 Å². The van der Waals surface area contributed by atoms with E-state index >= 15 is 0 Å². The molecule has 78 heavy (non-hydrogen) atoms. The van der Waals surface area contributed by atoms with Crippen molar-refractivity contribution in [1.82, 2.24) is 47.5 Å². The number of hydrogen-bond acceptors (Lipinski definition) is 10. The summed E-state index contributed by atoms with van der Waals surface area (Å²) in [5, 5.41) is 22.1. The van der Waals surface area contributed by atoms with Crippen molar-refractivity contribution in [3.05, 3.63) is 107 Å². The number of fused-ring (bicyclic) bond motifs is 1. The predicted octanol–water partition coefficient (Wildman–Crippen LogP) is 0.697. The van der Waals surface area contributed by atoms with E-state index in [0.29, 0.717) is 30.4 Å². The number of rotatable bonds is 17. The number of amides is 9. The van der Waals surface area contributed by atoms with E-state index in [-0.39, 0.29) is 82.4 Å². The Morgan fingerprint density at radius 1 is 0.705 bits per heavy atom. The number of carbonyl (C=O) groups excluding carboxylic acids is 9. The van der Waals surface area contributed by atoms with Crippen LogP contribution in [0.2, 0.25) is 0 Å². The molecular formula is C54H71F2N13O9. The van der Waals surface area contributed by atoms with E-state index in [1.54, 1.807) is 42.6 Å². The van der Waals surface area contributed by atoms with Crippen molar-refractivity contribution in [2.24, 2.45) is 22.2 Å². The van der Waals surface area contributed by atoms with Crippen LogP contribution in [0, 0.1) is 11.6 Å². The quantitative estimate of drug-likeness (QED) is 0.0397. The van der Waals surface area contributed by atoms with Gasteiger partial charge in [0.05, 0.1) is 0 Å². The number of benzene rings is 3. The summed E-state index contributed by atoms with van der Waals surface area (Å²) < 4.78 is 29.0. The maximum absolute atomic E-state index is 14.8. The first-order valence-corrected chi connectivity index (χ1v) is 26.0. The molecule has 1 aliphatic rings. The molecule has 1 saturated heterocycles. The molecule has 7 atom stereocenters.